The van der Waals surface area contributed by atoms with Gasteiger partial charge < -0.3 is 0 Å². The summed E-state index contributed by atoms with van der Waals surface area (Å²) in [5, 5.41) is 0. The Morgan fingerprint density at radius 3 is 1.80 bits per heavy atom. The molecule has 0 unspecified atom stereocenters. The zero-order valence-corrected chi connectivity index (χ0v) is 6.29. The molecule has 0 N–H and O–H groups in total. The Morgan fingerprint density at radius 2 is 1.30 bits per heavy atom. The lowest BCUT2D eigenvalue weighted by Crippen LogP contribution is -2.62. The van der Waals surface area contributed by atoms with Gasteiger partial charge in [-0.15, -0.1) is 0 Å². The summed E-state index contributed by atoms with van der Waals surface area (Å²) >= 11 is 0. The van der Waals surface area contributed by atoms with E-state index in [0.717, 1.165) is 11.8 Å². The molecule has 10 heavy (non-hydrogen) atoms. The van der Waals surface area contributed by atoms with Gasteiger partial charge in [-0.05, 0) is 18.3 Å². The number of nitrogens with zero attached hydrogens (tertiary/aromatic N) is 2. The lowest BCUT2D eigenvalue weighted by Gasteiger charge is -2.53. The van der Waals surface area contributed by atoms with Gasteiger partial charge in [0.2, 0.25) is 0 Å². The van der Waals surface area contributed by atoms with Gasteiger partial charge in [-0.3, -0.25) is 9.80 Å². The molecule has 6 aliphatic heterocycles. The molecule has 0 amide bonds. The predicted octanol–water partition coefficient (Wildman–Crippen LogP) is 0.211. The highest BCUT2D eigenvalue weighted by atomic mass is 15.4. The quantitative estimate of drug-likeness (QED) is 0.472. The second kappa shape index (κ2) is 1.74. The smallest absolute Gasteiger partial charge is 0.0506 e. The van der Waals surface area contributed by atoms with Crippen molar-refractivity contribution in [2.45, 2.75) is 6.42 Å². The average molecular weight is 138 g/mol. The third kappa shape index (κ3) is 0.663. The number of hydrogen-bond donors (Lipinski definition) is 0. The summed E-state index contributed by atoms with van der Waals surface area (Å²) in [5.74, 6) is 2.15. The molecule has 2 heteroatoms. The fourth-order valence-corrected chi connectivity index (χ4v) is 2.64. The topological polar surface area (TPSA) is 6.48 Å². The van der Waals surface area contributed by atoms with Crippen LogP contribution < -0.4 is 0 Å². The van der Waals surface area contributed by atoms with E-state index in [0.29, 0.717) is 0 Å². The summed E-state index contributed by atoms with van der Waals surface area (Å²) in [4.78, 5) is 5.14. The van der Waals surface area contributed by atoms with E-state index >= 15 is 0 Å². The molecule has 6 fully saturated rings. The van der Waals surface area contributed by atoms with E-state index in [-0.39, 0.29) is 0 Å². The molecule has 0 saturated carbocycles. The van der Waals surface area contributed by atoms with Gasteiger partial charge in [-0.25, -0.2) is 0 Å². The molecule has 0 aromatic heterocycles. The first-order chi connectivity index (χ1) is 4.90. The predicted molar refractivity (Wildman–Crippen MR) is 39.6 cm³/mol. The van der Waals surface area contributed by atoms with Gasteiger partial charge in [-0.2, -0.15) is 0 Å². The molecular weight excluding hydrogens is 124 g/mol. The van der Waals surface area contributed by atoms with Crippen LogP contribution in [0.15, 0.2) is 0 Å². The van der Waals surface area contributed by atoms with E-state index < -0.39 is 0 Å². The van der Waals surface area contributed by atoms with Crippen molar-refractivity contribution in [2.24, 2.45) is 11.8 Å². The molecule has 4 bridgehead atoms. The van der Waals surface area contributed by atoms with Crippen LogP contribution >= 0.6 is 0 Å². The lowest BCUT2D eigenvalue weighted by molar-refractivity contribution is -0.0691. The van der Waals surface area contributed by atoms with Crippen LogP contribution in [0.25, 0.3) is 0 Å². The van der Waals surface area contributed by atoms with E-state index in [4.69, 9.17) is 0 Å². The molecule has 6 rings (SSSR count). The molecule has 0 atom stereocenters. The number of rotatable bonds is 0. The molecule has 2 nitrogen and oxygen atoms in total. The Labute approximate surface area is 61.8 Å². The second-order valence-corrected chi connectivity index (χ2v) is 4.18. The van der Waals surface area contributed by atoms with E-state index in [1.165, 1.54) is 39.3 Å². The van der Waals surface area contributed by atoms with E-state index in [9.17, 15) is 0 Å². The minimum atomic E-state index is 1.08. The van der Waals surface area contributed by atoms with Crippen LogP contribution in [-0.2, 0) is 0 Å². The Balaban J connectivity index is 1.74. The maximum Gasteiger partial charge on any atom is 0.0506 e. The fraction of sp³-hybridized carbons (Fsp3) is 1.00. The van der Waals surface area contributed by atoms with Gasteiger partial charge >= 0.3 is 0 Å². The first-order valence-electron chi connectivity index (χ1n) is 4.35. The SMILES string of the molecule is C1C2CN(C2)CN2CC1C2. The normalized spacial score (nSPS) is 57.6. The minimum Gasteiger partial charge on any atom is -0.290 e. The van der Waals surface area contributed by atoms with Crippen molar-refractivity contribution in [1.82, 2.24) is 9.80 Å². The van der Waals surface area contributed by atoms with Crippen LogP contribution in [0.1, 0.15) is 6.42 Å². The van der Waals surface area contributed by atoms with E-state index in [1.54, 1.807) is 0 Å². The van der Waals surface area contributed by atoms with Crippen molar-refractivity contribution >= 4 is 0 Å². The zero-order chi connectivity index (χ0) is 6.55. The molecule has 0 aliphatic carbocycles. The Morgan fingerprint density at radius 1 is 0.800 bits per heavy atom. The van der Waals surface area contributed by atoms with Gasteiger partial charge in [0.15, 0.2) is 0 Å². The third-order valence-corrected chi connectivity index (χ3v) is 3.13. The van der Waals surface area contributed by atoms with Crippen LogP contribution in [0.4, 0.5) is 0 Å². The highest BCUT2D eigenvalue weighted by molar-refractivity contribution is 4.91. The van der Waals surface area contributed by atoms with Gasteiger partial charge in [0.05, 0.1) is 6.67 Å². The summed E-state index contributed by atoms with van der Waals surface area (Å²) in [6.45, 7) is 6.85. The largest absolute Gasteiger partial charge is 0.290 e. The van der Waals surface area contributed by atoms with Gasteiger partial charge in [-0.1, -0.05) is 0 Å². The maximum atomic E-state index is 2.57. The standard InChI is InChI=1S/C8H14N2/c1-7-2-9(3-7)6-10-4-8(1)5-10/h7-8H,1-6H2. The van der Waals surface area contributed by atoms with E-state index in [2.05, 4.69) is 9.80 Å². The molecule has 6 aliphatic rings. The van der Waals surface area contributed by atoms with Crippen molar-refractivity contribution in [2.75, 3.05) is 32.8 Å². The van der Waals surface area contributed by atoms with Crippen LogP contribution in [0.5, 0.6) is 0 Å². The van der Waals surface area contributed by atoms with Crippen molar-refractivity contribution in [1.29, 1.82) is 0 Å². The third-order valence-electron chi connectivity index (χ3n) is 3.13. The number of hydrogen-bond acceptors (Lipinski definition) is 2. The molecule has 56 valence electrons. The first-order valence-corrected chi connectivity index (χ1v) is 4.35. The summed E-state index contributed by atoms with van der Waals surface area (Å²) < 4.78 is 0. The molecule has 0 radical (unpaired) electrons. The maximum absolute atomic E-state index is 2.57. The van der Waals surface area contributed by atoms with Crippen LogP contribution in [0, 0.1) is 11.8 Å². The highest BCUT2D eigenvalue weighted by Gasteiger charge is 2.39. The first kappa shape index (κ1) is 5.56. The van der Waals surface area contributed by atoms with Crippen LogP contribution in [0.2, 0.25) is 0 Å². The summed E-state index contributed by atoms with van der Waals surface area (Å²) in [5.41, 5.74) is 0. The van der Waals surface area contributed by atoms with Gasteiger partial charge in [0, 0.05) is 26.2 Å². The summed E-state index contributed by atoms with van der Waals surface area (Å²) in [6, 6.07) is 0. The van der Waals surface area contributed by atoms with Crippen molar-refractivity contribution in [3.05, 3.63) is 0 Å². The Bertz CT molecular complexity index is 115. The van der Waals surface area contributed by atoms with Crippen molar-refractivity contribution in [3.63, 3.8) is 0 Å². The average Bonchev–Trinajstić information content (AvgIpc) is 1.46. The summed E-state index contributed by atoms with van der Waals surface area (Å²) in [6.07, 6.45) is 1.52. The van der Waals surface area contributed by atoms with Crippen LogP contribution in [-0.4, -0.2) is 42.6 Å². The minimum absolute atomic E-state index is 1.08. The van der Waals surface area contributed by atoms with Gasteiger partial charge in [0.25, 0.3) is 0 Å². The van der Waals surface area contributed by atoms with Crippen molar-refractivity contribution in [3.8, 4) is 0 Å². The molecule has 0 aromatic carbocycles. The summed E-state index contributed by atoms with van der Waals surface area (Å²) in [7, 11) is 0. The Hall–Kier alpha value is -0.0800. The van der Waals surface area contributed by atoms with Crippen LogP contribution in [0.3, 0.4) is 0 Å². The molecule has 0 spiro atoms. The highest BCUT2D eigenvalue weighted by Crippen LogP contribution is 2.32. The molecular formula is C8H14N2. The second-order valence-electron chi connectivity index (χ2n) is 4.18. The van der Waals surface area contributed by atoms with Crippen molar-refractivity contribution < 1.29 is 0 Å². The lowest BCUT2D eigenvalue weighted by atomic mass is 9.83. The Kier molecular flexibility index (Phi) is 0.968. The van der Waals surface area contributed by atoms with Gasteiger partial charge in [0.1, 0.15) is 0 Å². The molecule has 6 saturated heterocycles. The fourth-order valence-electron chi connectivity index (χ4n) is 2.64. The monoisotopic (exact) mass is 138 g/mol. The van der Waals surface area contributed by atoms with E-state index in [1.807, 2.05) is 0 Å². The zero-order valence-electron chi connectivity index (χ0n) is 6.29. The molecule has 0 aromatic rings. The molecule has 6 heterocycles.